The van der Waals surface area contributed by atoms with E-state index in [1.165, 1.54) is 12.1 Å². The van der Waals surface area contributed by atoms with Gasteiger partial charge in [0.15, 0.2) is 0 Å². The van der Waals surface area contributed by atoms with Gasteiger partial charge in [0.05, 0.1) is 5.52 Å². The summed E-state index contributed by atoms with van der Waals surface area (Å²) in [5.41, 5.74) is 3.45. The van der Waals surface area contributed by atoms with E-state index in [-0.39, 0.29) is 17.8 Å². The molecule has 2 heterocycles. The predicted molar refractivity (Wildman–Crippen MR) is 120 cm³/mol. The number of carbonyl (C=O) groups excluding carboxylic acids is 2. The van der Waals surface area contributed by atoms with Gasteiger partial charge in [0, 0.05) is 57.0 Å². The van der Waals surface area contributed by atoms with Gasteiger partial charge in [0.1, 0.15) is 11.5 Å². The summed E-state index contributed by atoms with van der Waals surface area (Å²) < 4.78 is 14.1. The summed E-state index contributed by atoms with van der Waals surface area (Å²) in [4.78, 5) is 33.5. The fourth-order valence-corrected chi connectivity index (χ4v) is 3.87. The lowest BCUT2D eigenvalue weighted by atomic mass is 10.1. The molecular weight excluding hydrogens is 397 g/mol. The highest BCUT2D eigenvalue weighted by atomic mass is 19.1. The molecule has 0 atom stereocenters. The average Bonchev–Trinajstić information content (AvgIpc) is 3.23. The molecule has 1 aliphatic heterocycles. The summed E-state index contributed by atoms with van der Waals surface area (Å²) in [6.45, 7) is 4.60. The van der Waals surface area contributed by atoms with Crippen LogP contribution in [0.4, 0.5) is 20.6 Å². The van der Waals surface area contributed by atoms with Crippen LogP contribution in [0.2, 0.25) is 0 Å². The molecule has 4 rings (SSSR count). The predicted octanol–water partition coefficient (Wildman–Crippen LogP) is 3.67. The number of carbonyl (C=O) groups is 2. The smallest absolute Gasteiger partial charge is 0.319 e. The molecule has 1 aromatic heterocycles. The molecule has 0 saturated carbocycles. The Hall–Kier alpha value is -3.55. The molecule has 2 aromatic carbocycles. The Labute approximate surface area is 180 Å². The summed E-state index contributed by atoms with van der Waals surface area (Å²) in [6.07, 6.45) is 0. The molecule has 0 bridgehead atoms. The number of amides is 3. The van der Waals surface area contributed by atoms with Crippen molar-refractivity contribution in [3.8, 4) is 0 Å². The normalized spacial score (nSPS) is 14.1. The number of aryl methyl sites for hydroxylation is 1. The first-order chi connectivity index (χ1) is 14.8. The maximum absolute atomic E-state index is 14.1. The first kappa shape index (κ1) is 20.7. The van der Waals surface area contributed by atoms with Crippen LogP contribution in [-0.2, 0) is 0 Å². The molecule has 162 valence electrons. The van der Waals surface area contributed by atoms with Crippen molar-refractivity contribution in [2.45, 2.75) is 6.92 Å². The van der Waals surface area contributed by atoms with E-state index in [0.29, 0.717) is 35.4 Å². The van der Waals surface area contributed by atoms with E-state index in [1.54, 1.807) is 25.1 Å². The summed E-state index contributed by atoms with van der Waals surface area (Å²) in [7, 11) is 3.51. The Morgan fingerprint density at radius 1 is 1.06 bits per heavy atom. The van der Waals surface area contributed by atoms with E-state index in [2.05, 4.69) is 15.2 Å². The van der Waals surface area contributed by atoms with Crippen LogP contribution in [0.15, 0.2) is 42.5 Å². The van der Waals surface area contributed by atoms with Crippen molar-refractivity contribution in [2.75, 3.05) is 50.5 Å². The van der Waals surface area contributed by atoms with E-state index in [0.717, 1.165) is 24.3 Å². The number of halogens is 1. The maximum atomic E-state index is 14.1. The zero-order valence-electron chi connectivity index (χ0n) is 17.9. The fraction of sp³-hybridized carbons (Fsp3) is 0.304. The lowest BCUT2D eigenvalue weighted by Gasteiger charge is -2.37. The van der Waals surface area contributed by atoms with Crippen molar-refractivity contribution < 1.29 is 14.0 Å². The standard InChI is InChI=1S/C23H26FN5O2/c1-15-7-8-19(24)18-14-20(26-21(15)18)22(30)25-16-5-4-6-17(13-16)28-9-11-29(12-10-28)23(31)27(2)3/h4-8,13-14,26H,9-12H2,1-3H3,(H,25,30). The highest BCUT2D eigenvalue weighted by Crippen LogP contribution is 2.24. The average molecular weight is 423 g/mol. The van der Waals surface area contributed by atoms with Crippen molar-refractivity contribution in [3.05, 3.63) is 59.5 Å². The van der Waals surface area contributed by atoms with Gasteiger partial charge in [0.25, 0.3) is 5.91 Å². The minimum Gasteiger partial charge on any atom is -0.368 e. The maximum Gasteiger partial charge on any atom is 0.319 e. The van der Waals surface area contributed by atoms with Crippen LogP contribution in [-0.4, -0.2) is 67.0 Å². The van der Waals surface area contributed by atoms with Gasteiger partial charge in [-0.3, -0.25) is 4.79 Å². The van der Waals surface area contributed by atoms with Crippen LogP contribution in [0, 0.1) is 12.7 Å². The number of urea groups is 1. The second kappa shape index (κ2) is 8.29. The number of piperazine rings is 1. The highest BCUT2D eigenvalue weighted by molar-refractivity contribution is 6.06. The van der Waals surface area contributed by atoms with Crippen LogP contribution >= 0.6 is 0 Å². The number of anilines is 2. The van der Waals surface area contributed by atoms with Crippen molar-refractivity contribution >= 4 is 34.2 Å². The first-order valence-electron chi connectivity index (χ1n) is 10.2. The molecule has 8 heteroatoms. The molecule has 0 aliphatic carbocycles. The summed E-state index contributed by atoms with van der Waals surface area (Å²) in [5, 5.41) is 3.30. The Kier molecular flexibility index (Phi) is 5.54. The van der Waals surface area contributed by atoms with Gasteiger partial charge in [-0.2, -0.15) is 0 Å². The molecule has 2 N–H and O–H groups in total. The monoisotopic (exact) mass is 423 g/mol. The molecule has 0 unspecified atom stereocenters. The highest BCUT2D eigenvalue weighted by Gasteiger charge is 2.22. The second-order valence-corrected chi connectivity index (χ2v) is 7.99. The zero-order chi connectivity index (χ0) is 22.1. The molecule has 7 nitrogen and oxygen atoms in total. The van der Waals surface area contributed by atoms with Gasteiger partial charge in [-0.25, -0.2) is 9.18 Å². The zero-order valence-corrected chi connectivity index (χ0v) is 17.9. The minimum atomic E-state index is -0.357. The molecule has 1 fully saturated rings. The Morgan fingerprint density at radius 3 is 2.48 bits per heavy atom. The van der Waals surface area contributed by atoms with Crippen LogP contribution in [0.25, 0.3) is 10.9 Å². The quantitative estimate of drug-likeness (QED) is 0.675. The number of hydrogen-bond acceptors (Lipinski definition) is 3. The lowest BCUT2D eigenvalue weighted by molar-refractivity contribution is 0.102. The van der Waals surface area contributed by atoms with Gasteiger partial charge in [0.2, 0.25) is 0 Å². The van der Waals surface area contributed by atoms with Gasteiger partial charge in [-0.1, -0.05) is 12.1 Å². The topological polar surface area (TPSA) is 71.7 Å². The molecule has 3 amide bonds. The third kappa shape index (κ3) is 4.19. The molecule has 1 aliphatic rings. The second-order valence-electron chi connectivity index (χ2n) is 7.99. The SMILES string of the molecule is Cc1ccc(F)c2cc(C(=O)Nc3cccc(N4CCN(C(=O)N(C)C)CC4)c3)[nH]c12. The molecular formula is C23H26FN5O2. The molecule has 1 saturated heterocycles. The summed E-state index contributed by atoms with van der Waals surface area (Å²) >= 11 is 0. The molecule has 31 heavy (non-hydrogen) atoms. The van der Waals surface area contributed by atoms with Crippen molar-refractivity contribution in [1.29, 1.82) is 0 Å². The number of nitrogens with one attached hydrogen (secondary N) is 2. The van der Waals surface area contributed by atoms with Crippen molar-refractivity contribution in [2.24, 2.45) is 0 Å². The number of fused-ring (bicyclic) bond motifs is 1. The van der Waals surface area contributed by atoms with E-state index >= 15 is 0 Å². The molecule has 0 radical (unpaired) electrons. The number of rotatable bonds is 3. The molecule has 3 aromatic rings. The fourth-order valence-electron chi connectivity index (χ4n) is 3.87. The van der Waals surface area contributed by atoms with Crippen molar-refractivity contribution in [1.82, 2.24) is 14.8 Å². The van der Waals surface area contributed by atoms with Gasteiger partial charge >= 0.3 is 6.03 Å². The summed E-state index contributed by atoms with van der Waals surface area (Å²) in [5.74, 6) is -0.682. The van der Waals surface area contributed by atoms with Gasteiger partial charge in [-0.05, 0) is 42.8 Å². The van der Waals surface area contributed by atoms with Crippen LogP contribution in [0.1, 0.15) is 16.1 Å². The first-order valence-corrected chi connectivity index (χ1v) is 10.2. The van der Waals surface area contributed by atoms with Crippen molar-refractivity contribution in [3.63, 3.8) is 0 Å². The van der Waals surface area contributed by atoms with Gasteiger partial charge in [-0.15, -0.1) is 0 Å². The molecule has 0 spiro atoms. The van der Waals surface area contributed by atoms with E-state index in [4.69, 9.17) is 0 Å². The van der Waals surface area contributed by atoms with Crippen LogP contribution in [0.5, 0.6) is 0 Å². The van der Waals surface area contributed by atoms with Gasteiger partial charge < -0.3 is 25.0 Å². The van der Waals surface area contributed by atoms with E-state index in [1.807, 2.05) is 36.1 Å². The number of aromatic amines is 1. The number of nitrogens with zero attached hydrogens (tertiary/aromatic N) is 3. The third-order valence-corrected chi connectivity index (χ3v) is 5.60. The van der Waals surface area contributed by atoms with E-state index < -0.39 is 0 Å². The van der Waals surface area contributed by atoms with Crippen LogP contribution in [0.3, 0.4) is 0 Å². The lowest BCUT2D eigenvalue weighted by Crippen LogP contribution is -2.51. The summed E-state index contributed by atoms with van der Waals surface area (Å²) in [6, 6.07) is 12.3. The number of hydrogen-bond donors (Lipinski definition) is 2. The number of aromatic nitrogens is 1. The Morgan fingerprint density at radius 2 is 1.81 bits per heavy atom. The largest absolute Gasteiger partial charge is 0.368 e. The number of benzene rings is 2. The number of H-pyrrole nitrogens is 1. The Balaban J connectivity index is 1.46. The Bertz CT molecular complexity index is 1090. The third-order valence-electron chi connectivity index (χ3n) is 5.60. The van der Waals surface area contributed by atoms with E-state index in [9.17, 15) is 14.0 Å². The van der Waals surface area contributed by atoms with Crippen LogP contribution < -0.4 is 10.2 Å². The minimum absolute atomic E-state index is 0.0191.